The summed E-state index contributed by atoms with van der Waals surface area (Å²) in [5.41, 5.74) is 5.20. The summed E-state index contributed by atoms with van der Waals surface area (Å²) in [5.74, 6) is 4.52. The highest BCUT2D eigenvalue weighted by Gasteiger charge is 2.33. The molecule has 0 aliphatic heterocycles. The van der Waals surface area contributed by atoms with Gasteiger partial charge in [-0.15, -0.1) is 11.3 Å². The zero-order chi connectivity index (χ0) is 15.2. The average Bonchev–Trinajstić information content (AvgIpc) is 2.82. The van der Waals surface area contributed by atoms with Crippen LogP contribution >= 0.6 is 11.3 Å². The lowest BCUT2D eigenvalue weighted by atomic mass is 10.3. The molecule has 0 saturated heterocycles. The van der Waals surface area contributed by atoms with Crippen molar-refractivity contribution in [2.45, 2.75) is 6.18 Å². The molecule has 4 nitrogen and oxygen atoms in total. The summed E-state index contributed by atoms with van der Waals surface area (Å²) in [6.07, 6.45) is -4.51. The highest BCUT2D eigenvalue weighted by atomic mass is 32.1. The van der Waals surface area contributed by atoms with Crippen LogP contribution in [0.2, 0.25) is 0 Å². The number of carbonyl (C=O) groups is 1. The fourth-order valence-electron chi connectivity index (χ4n) is 1.40. The van der Waals surface area contributed by atoms with E-state index in [4.69, 9.17) is 10.8 Å². The molecule has 0 aliphatic carbocycles. The van der Waals surface area contributed by atoms with Crippen LogP contribution < -0.4 is 5.73 Å². The second-order valence-electron chi connectivity index (χ2n) is 3.74. The lowest BCUT2D eigenvalue weighted by molar-refractivity contribution is -0.141. The van der Waals surface area contributed by atoms with Gasteiger partial charge in [0.25, 0.3) is 5.91 Å². The number of thiophene rings is 1. The van der Waals surface area contributed by atoms with Gasteiger partial charge in [-0.25, -0.2) is 0 Å². The number of amides is 1. The van der Waals surface area contributed by atoms with Gasteiger partial charge in [-0.3, -0.25) is 4.79 Å². The topological polar surface area (TPSA) is 66.6 Å². The molecule has 0 bridgehead atoms. The molecule has 0 aromatic carbocycles. The van der Waals surface area contributed by atoms with Crippen molar-refractivity contribution in [3.8, 4) is 11.8 Å². The number of aliphatic hydroxyl groups is 1. The fraction of sp³-hybridized carbons (Fsp3) is 0.417. The van der Waals surface area contributed by atoms with Crippen LogP contribution in [0.25, 0.3) is 0 Å². The molecular formula is C12H13F3N2O2S. The minimum Gasteiger partial charge on any atom is -0.395 e. The first-order valence-electron chi connectivity index (χ1n) is 5.63. The van der Waals surface area contributed by atoms with Crippen LogP contribution in [0.15, 0.2) is 12.1 Å². The maximum atomic E-state index is 12.4. The number of nitrogens with zero attached hydrogens (tertiary/aromatic N) is 1. The Bertz CT molecular complexity index is 517. The fourth-order valence-corrected chi connectivity index (χ4v) is 2.25. The van der Waals surface area contributed by atoms with Crippen LogP contribution in [0.4, 0.5) is 13.2 Å². The van der Waals surface area contributed by atoms with E-state index in [9.17, 15) is 18.0 Å². The molecule has 0 atom stereocenters. The first-order chi connectivity index (χ1) is 9.37. The Labute approximate surface area is 118 Å². The molecule has 110 valence electrons. The van der Waals surface area contributed by atoms with E-state index in [0.29, 0.717) is 9.78 Å². The molecule has 1 rings (SSSR count). The number of hydrogen-bond donors (Lipinski definition) is 2. The van der Waals surface area contributed by atoms with E-state index in [-0.39, 0.29) is 18.0 Å². The molecule has 3 N–H and O–H groups in total. The number of hydrogen-bond acceptors (Lipinski definition) is 4. The molecule has 1 heterocycles. The summed E-state index contributed by atoms with van der Waals surface area (Å²) >= 11 is 0.992. The van der Waals surface area contributed by atoms with Crippen molar-refractivity contribution in [2.75, 3.05) is 26.2 Å². The standard InChI is InChI=1S/C12H13F3N2O2S/c13-12(14,15)8-17(6-7-18)11(19)10-4-3-9(20-10)2-1-5-16/h3-4,18H,5-8,16H2. The van der Waals surface area contributed by atoms with E-state index in [1.165, 1.54) is 6.07 Å². The Morgan fingerprint density at radius 2 is 2.15 bits per heavy atom. The van der Waals surface area contributed by atoms with Gasteiger partial charge in [0.2, 0.25) is 0 Å². The molecular weight excluding hydrogens is 293 g/mol. The summed E-state index contributed by atoms with van der Waals surface area (Å²) in [6.45, 7) is -2.15. The Morgan fingerprint density at radius 3 is 2.70 bits per heavy atom. The van der Waals surface area contributed by atoms with Gasteiger partial charge in [0.05, 0.1) is 22.9 Å². The molecule has 20 heavy (non-hydrogen) atoms. The second-order valence-corrected chi connectivity index (χ2v) is 4.82. The Kier molecular flexibility index (Phi) is 6.01. The normalized spacial score (nSPS) is 10.8. The van der Waals surface area contributed by atoms with E-state index >= 15 is 0 Å². The van der Waals surface area contributed by atoms with Crippen molar-refractivity contribution in [2.24, 2.45) is 5.73 Å². The summed E-state index contributed by atoms with van der Waals surface area (Å²) in [6, 6.07) is 2.96. The smallest absolute Gasteiger partial charge is 0.395 e. The molecule has 0 spiro atoms. The van der Waals surface area contributed by atoms with Crippen LogP contribution in [-0.2, 0) is 0 Å². The van der Waals surface area contributed by atoms with Crippen LogP contribution in [0.5, 0.6) is 0 Å². The van der Waals surface area contributed by atoms with Gasteiger partial charge in [-0.1, -0.05) is 11.8 Å². The van der Waals surface area contributed by atoms with Gasteiger partial charge in [0, 0.05) is 6.54 Å². The quantitative estimate of drug-likeness (QED) is 0.817. The minimum absolute atomic E-state index is 0.143. The lowest BCUT2D eigenvalue weighted by Gasteiger charge is -2.22. The van der Waals surface area contributed by atoms with Crippen LogP contribution in [0.3, 0.4) is 0 Å². The van der Waals surface area contributed by atoms with Crippen LogP contribution in [0, 0.1) is 11.8 Å². The zero-order valence-corrected chi connectivity index (χ0v) is 11.2. The lowest BCUT2D eigenvalue weighted by Crippen LogP contribution is -2.40. The van der Waals surface area contributed by atoms with Crippen LogP contribution in [0.1, 0.15) is 14.5 Å². The van der Waals surface area contributed by atoms with Crippen molar-refractivity contribution in [1.29, 1.82) is 0 Å². The van der Waals surface area contributed by atoms with Gasteiger partial charge >= 0.3 is 6.18 Å². The average molecular weight is 306 g/mol. The first kappa shape index (κ1) is 16.5. The minimum atomic E-state index is -4.51. The van der Waals surface area contributed by atoms with Gasteiger partial charge in [0.15, 0.2) is 0 Å². The van der Waals surface area contributed by atoms with E-state index in [1.54, 1.807) is 6.07 Å². The molecule has 0 radical (unpaired) electrons. The molecule has 1 amide bonds. The Hall–Kier alpha value is -1.56. The van der Waals surface area contributed by atoms with Crippen molar-refractivity contribution < 1.29 is 23.1 Å². The third-order valence-electron chi connectivity index (χ3n) is 2.16. The third-order valence-corrected chi connectivity index (χ3v) is 3.15. The van der Waals surface area contributed by atoms with Crippen molar-refractivity contribution in [3.05, 3.63) is 21.9 Å². The molecule has 0 aliphatic rings. The summed E-state index contributed by atoms with van der Waals surface area (Å²) in [5, 5.41) is 8.76. The highest BCUT2D eigenvalue weighted by molar-refractivity contribution is 7.14. The van der Waals surface area contributed by atoms with E-state index in [2.05, 4.69) is 11.8 Å². The van der Waals surface area contributed by atoms with Crippen LogP contribution in [-0.4, -0.2) is 48.3 Å². The van der Waals surface area contributed by atoms with E-state index in [1.807, 2.05) is 0 Å². The largest absolute Gasteiger partial charge is 0.406 e. The number of nitrogens with two attached hydrogens (primary N) is 1. The maximum absolute atomic E-state index is 12.4. The Morgan fingerprint density at radius 1 is 1.45 bits per heavy atom. The molecule has 0 unspecified atom stereocenters. The SMILES string of the molecule is NCC#Cc1ccc(C(=O)N(CCO)CC(F)(F)F)s1. The number of halogens is 3. The molecule has 8 heteroatoms. The predicted octanol–water partition coefficient (Wildman–Crippen LogP) is 1.06. The molecule has 0 saturated carbocycles. The van der Waals surface area contributed by atoms with E-state index < -0.39 is 25.2 Å². The molecule has 0 fully saturated rings. The molecule has 1 aromatic heterocycles. The highest BCUT2D eigenvalue weighted by Crippen LogP contribution is 2.21. The number of alkyl halides is 3. The summed E-state index contributed by atoms with van der Waals surface area (Å²) in [4.78, 5) is 13.2. The predicted molar refractivity (Wildman–Crippen MR) is 69.3 cm³/mol. The van der Waals surface area contributed by atoms with Crippen molar-refractivity contribution in [3.63, 3.8) is 0 Å². The first-order valence-corrected chi connectivity index (χ1v) is 6.44. The van der Waals surface area contributed by atoms with E-state index in [0.717, 1.165) is 11.3 Å². The van der Waals surface area contributed by atoms with Gasteiger partial charge < -0.3 is 15.7 Å². The van der Waals surface area contributed by atoms with Crippen molar-refractivity contribution in [1.82, 2.24) is 4.90 Å². The third kappa shape index (κ3) is 5.21. The Balaban J connectivity index is 2.86. The number of aliphatic hydroxyl groups excluding tert-OH is 1. The van der Waals surface area contributed by atoms with Crippen molar-refractivity contribution >= 4 is 17.2 Å². The summed E-state index contributed by atoms with van der Waals surface area (Å²) < 4.78 is 37.1. The zero-order valence-electron chi connectivity index (χ0n) is 10.4. The van der Waals surface area contributed by atoms with Gasteiger partial charge in [-0.05, 0) is 12.1 Å². The molecule has 1 aromatic rings. The van der Waals surface area contributed by atoms with Gasteiger partial charge in [0.1, 0.15) is 6.54 Å². The second kappa shape index (κ2) is 7.28. The van der Waals surface area contributed by atoms with Gasteiger partial charge in [-0.2, -0.15) is 13.2 Å². The number of carbonyl (C=O) groups excluding carboxylic acids is 1. The maximum Gasteiger partial charge on any atom is 0.406 e. The summed E-state index contributed by atoms with van der Waals surface area (Å²) in [7, 11) is 0. The monoisotopic (exact) mass is 306 g/mol. The number of rotatable bonds is 4.